The van der Waals surface area contributed by atoms with E-state index >= 15 is 0 Å². The maximum Gasteiger partial charge on any atom is 0.406 e. The fourth-order valence-corrected chi connectivity index (χ4v) is 5.30. The summed E-state index contributed by atoms with van der Waals surface area (Å²) in [6, 6.07) is 5.60. The predicted octanol–water partition coefficient (Wildman–Crippen LogP) is 5.52. The molecule has 0 bridgehead atoms. The van der Waals surface area contributed by atoms with Crippen LogP contribution in [0.4, 0.5) is 13.2 Å². The van der Waals surface area contributed by atoms with Crippen LogP contribution in [0.5, 0.6) is 5.75 Å². The average Bonchev–Trinajstić information content (AvgIpc) is 2.91. The van der Waals surface area contributed by atoms with Gasteiger partial charge in [0.15, 0.2) is 0 Å². The van der Waals surface area contributed by atoms with Crippen LogP contribution < -0.4 is 10.1 Å². The molecule has 40 heavy (non-hydrogen) atoms. The molecule has 0 heterocycles. The van der Waals surface area contributed by atoms with Crippen LogP contribution in [0.2, 0.25) is 0 Å². The number of nitrogens with one attached hydrogen (secondary N) is 1. The van der Waals surface area contributed by atoms with Crippen molar-refractivity contribution in [1.82, 2.24) is 10.2 Å². The molecule has 0 fully saturated rings. The van der Waals surface area contributed by atoms with Crippen LogP contribution in [0.1, 0.15) is 77.6 Å². The van der Waals surface area contributed by atoms with E-state index in [1.165, 1.54) is 31.8 Å². The molecule has 0 saturated carbocycles. The molecule has 1 aliphatic carbocycles. The van der Waals surface area contributed by atoms with Gasteiger partial charge in [-0.2, -0.15) is 13.2 Å². The van der Waals surface area contributed by atoms with Crippen molar-refractivity contribution >= 4 is 34.4 Å². The van der Waals surface area contributed by atoms with Gasteiger partial charge in [0, 0.05) is 25.0 Å². The fourth-order valence-electron chi connectivity index (χ4n) is 4.78. The van der Waals surface area contributed by atoms with Gasteiger partial charge in [0.05, 0.1) is 16.2 Å². The topological polar surface area (TPSA) is 99.1 Å². The van der Waals surface area contributed by atoms with Crippen LogP contribution >= 0.6 is 22.6 Å². The van der Waals surface area contributed by atoms with Gasteiger partial charge >= 0.3 is 6.18 Å². The van der Waals surface area contributed by atoms with Crippen molar-refractivity contribution in [2.75, 3.05) is 19.7 Å². The summed E-state index contributed by atoms with van der Waals surface area (Å²) in [6.45, 7) is 0.262. The van der Waals surface area contributed by atoms with Crippen molar-refractivity contribution in [3.63, 3.8) is 0 Å². The van der Waals surface area contributed by atoms with Crippen molar-refractivity contribution < 1.29 is 37.7 Å². The molecule has 0 radical (unpaired) electrons. The lowest BCUT2D eigenvalue weighted by atomic mass is 9.88. The Kier molecular flexibility index (Phi) is 15.3. The van der Waals surface area contributed by atoms with Crippen LogP contribution in [0.3, 0.4) is 0 Å². The van der Waals surface area contributed by atoms with Gasteiger partial charge in [-0.15, -0.1) is 0 Å². The quantitative estimate of drug-likeness (QED) is 0.149. The summed E-state index contributed by atoms with van der Waals surface area (Å²) < 4.78 is 47.6. The Balaban J connectivity index is 2.17. The maximum atomic E-state index is 13.7. The number of alkyl halides is 3. The molecule has 0 aromatic heterocycles. The number of carbonyl (C=O) groups is 2. The zero-order chi connectivity index (χ0) is 29.5. The van der Waals surface area contributed by atoms with Crippen LogP contribution in [-0.2, 0) is 9.59 Å². The van der Waals surface area contributed by atoms with E-state index in [-0.39, 0.29) is 31.6 Å². The van der Waals surface area contributed by atoms with E-state index in [1.54, 1.807) is 24.3 Å². The molecule has 3 atom stereocenters. The number of benzene rings is 1. The number of aliphatic hydroxyl groups excluding tert-OH is 2. The van der Waals surface area contributed by atoms with Gasteiger partial charge in [-0.05, 0) is 47.2 Å². The van der Waals surface area contributed by atoms with Gasteiger partial charge in [-0.25, -0.2) is 0 Å². The Bertz CT molecular complexity index is 960. The van der Waals surface area contributed by atoms with E-state index in [0.717, 1.165) is 25.7 Å². The molecule has 1 aromatic carbocycles. The first-order valence-electron chi connectivity index (χ1n) is 14.1. The average molecular weight is 683 g/mol. The van der Waals surface area contributed by atoms with Gasteiger partial charge in [0.2, 0.25) is 11.8 Å². The monoisotopic (exact) mass is 682 g/mol. The van der Waals surface area contributed by atoms with Crippen molar-refractivity contribution in [2.24, 2.45) is 0 Å². The molecule has 1 aliphatic rings. The lowest BCUT2D eigenvalue weighted by Gasteiger charge is -2.40. The van der Waals surface area contributed by atoms with E-state index in [9.17, 15) is 27.9 Å². The highest BCUT2D eigenvalue weighted by atomic mass is 127. The molecule has 1 aromatic rings. The van der Waals surface area contributed by atoms with Gasteiger partial charge < -0.3 is 25.2 Å². The summed E-state index contributed by atoms with van der Waals surface area (Å²) in [5.41, 5.74) is 0.0859. The van der Waals surface area contributed by atoms with E-state index in [4.69, 9.17) is 9.84 Å². The largest absolute Gasteiger partial charge is 0.482 e. The van der Waals surface area contributed by atoms with E-state index < -0.39 is 42.8 Å². The number of hydrogen-bond acceptors (Lipinski definition) is 5. The Hall–Kier alpha value is -1.86. The van der Waals surface area contributed by atoms with Crippen LogP contribution in [-0.4, -0.2) is 71.0 Å². The van der Waals surface area contributed by atoms with Crippen molar-refractivity contribution in [2.45, 2.75) is 102 Å². The minimum absolute atomic E-state index is 0.0463. The molecule has 3 N–H and O–H groups in total. The third-order valence-corrected chi connectivity index (χ3v) is 7.77. The van der Waals surface area contributed by atoms with Crippen LogP contribution in [0.25, 0.3) is 0 Å². The maximum absolute atomic E-state index is 13.7. The molecule has 0 unspecified atom stereocenters. The van der Waals surface area contributed by atoms with Crippen molar-refractivity contribution in [3.05, 3.63) is 39.5 Å². The van der Waals surface area contributed by atoms with Crippen molar-refractivity contribution in [3.8, 4) is 5.75 Å². The minimum Gasteiger partial charge on any atom is -0.482 e. The lowest BCUT2D eigenvalue weighted by Crippen LogP contribution is -2.57. The summed E-state index contributed by atoms with van der Waals surface area (Å²) in [7, 11) is 0. The summed E-state index contributed by atoms with van der Waals surface area (Å²) in [5, 5.41) is 22.8. The number of carbonyl (C=O) groups excluding carboxylic acids is 2. The number of ether oxygens (including phenoxy) is 1. The van der Waals surface area contributed by atoms with Gasteiger partial charge in [-0.3, -0.25) is 9.59 Å². The highest BCUT2D eigenvalue weighted by Gasteiger charge is 2.44. The molecule has 2 amide bonds. The molecule has 7 nitrogen and oxygen atoms in total. The molecular formula is C29H42F3IN2O5. The van der Waals surface area contributed by atoms with Gasteiger partial charge in [0.1, 0.15) is 24.5 Å². The number of rotatable bonds is 17. The molecule has 0 saturated heterocycles. The standard InChI is InChI=1S/C29H42F3IN2O5/c1-2-3-4-5-6-7-8-9-10-15-26(37)35(20-29(30,31)32)23-18-21(28(39)34-16-17-36)19-25(27(23)38)40-24-14-12-11-13-22(24)33/h11-14,19,23,25,27,36,38H,2-10,15-18,20H2,1H3,(H,34,39)/t23-,25+,27+/m1/s1. The second-order valence-electron chi connectivity index (χ2n) is 10.2. The van der Waals surface area contributed by atoms with E-state index in [2.05, 4.69) is 12.2 Å². The highest BCUT2D eigenvalue weighted by Crippen LogP contribution is 2.31. The Morgan fingerprint density at radius 1 is 1.07 bits per heavy atom. The normalized spacial score (nSPS) is 19.2. The number of nitrogens with zero attached hydrogens (tertiary/aromatic N) is 1. The van der Waals surface area contributed by atoms with Crippen molar-refractivity contribution in [1.29, 1.82) is 0 Å². The number of amides is 2. The molecule has 11 heteroatoms. The second kappa shape index (κ2) is 17.8. The first-order valence-corrected chi connectivity index (χ1v) is 15.2. The molecule has 0 aliphatic heterocycles. The Morgan fingerprint density at radius 2 is 1.70 bits per heavy atom. The number of unbranched alkanes of at least 4 members (excludes halogenated alkanes) is 8. The molecule has 2 rings (SSSR count). The molecule has 226 valence electrons. The molecular weight excluding hydrogens is 640 g/mol. The second-order valence-corrected chi connectivity index (χ2v) is 11.3. The summed E-state index contributed by atoms with van der Waals surface area (Å²) in [4.78, 5) is 26.6. The SMILES string of the molecule is CCCCCCCCCCCC(=O)N(CC(F)(F)F)[C@@H]1CC(C(=O)NCCO)=C[C@H](Oc2ccccc2I)[C@H]1O. The smallest absolute Gasteiger partial charge is 0.406 e. The predicted molar refractivity (Wildman–Crippen MR) is 156 cm³/mol. The van der Waals surface area contributed by atoms with Gasteiger partial charge in [0.25, 0.3) is 0 Å². The first-order chi connectivity index (χ1) is 19.1. The van der Waals surface area contributed by atoms with E-state index in [0.29, 0.717) is 20.6 Å². The van der Waals surface area contributed by atoms with Crippen LogP contribution in [0, 0.1) is 3.57 Å². The summed E-state index contributed by atoms with van der Waals surface area (Å²) in [5.74, 6) is -0.919. The lowest BCUT2D eigenvalue weighted by molar-refractivity contribution is -0.172. The Labute approximate surface area is 248 Å². The number of aliphatic hydroxyl groups is 2. The third-order valence-electron chi connectivity index (χ3n) is 6.88. The van der Waals surface area contributed by atoms with Gasteiger partial charge in [-0.1, -0.05) is 70.4 Å². The zero-order valence-corrected chi connectivity index (χ0v) is 25.3. The summed E-state index contributed by atoms with van der Waals surface area (Å²) in [6.07, 6.45) is 2.66. The van der Waals surface area contributed by atoms with E-state index in [1.807, 2.05) is 22.6 Å². The fraction of sp³-hybridized carbons (Fsp3) is 0.655. The van der Waals surface area contributed by atoms with Crippen LogP contribution in [0.15, 0.2) is 35.9 Å². The summed E-state index contributed by atoms with van der Waals surface area (Å²) >= 11 is 2.03. The number of halogens is 4. The number of para-hydroxylation sites is 1. The minimum atomic E-state index is -4.69. The third kappa shape index (κ3) is 11.9. The Morgan fingerprint density at radius 3 is 2.30 bits per heavy atom. The number of hydrogen-bond donors (Lipinski definition) is 3. The highest BCUT2D eigenvalue weighted by molar-refractivity contribution is 14.1. The zero-order valence-electron chi connectivity index (χ0n) is 23.1. The first kappa shape index (κ1) is 34.3. The molecule has 0 spiro atoms.